The zero-order valence-corrected chi connectivity index (χ0v) is 19.7. The maximum atomic E-state index is 3.30. The molecule has 1 nitrogen and oxygen atoms in total. The number of para-hydroxylation sites is 2. The van der Waals surface area contributed by atoms with Gasteiger partial charge in [0.15, 0.2) is 0 Å². The van der Waals surface area contributed by atoms with Gasteiger partial charge in [-0.1, -0.05) is 146 Å². The lowest BCUT2D eigenvalue weighted by Gasteiger charge is -2.04. The monoisotopic (exact) mass is 451 g/mol. The zero-order chi connectivity index (χ0) is 24.0. The highest BCUT2D eigenvalue weighted by Gasteiger charge is 1.95. The van der Waals surface area contributed by atoms with Gasteiger partial charge in [-0.15, -0.1) is 0 Å². The van der Waals surface area contributed by atoms with Crippen LogP contribution in [0.15, 0.2) is 146 Å². The van der Waals surface area contributed by atoms with Gasteiger partial charge in [-0.05, 0) is 46.5 Å². The van der Waals surface area contributed by atoms with Gasteiger partial charge in [0, 0.05) is 11.4 Å². The summed E-state index contributed by atoms with van der Waals surface area (Å²) in [4.78, 5) is 0. The number of anilines is 2. The van der Waals surface area contributed by atoms with E-state index in [9.17, 15) is 0 Å². The molecule has 0 aliphatic heterocycles. The molecule has 0 amide bonds. The van der Waals surface area contributed by atoms with Crippen LogP contribution in [-0.4, -0.2) is 0 Å². The third-order valence-electron chi connectivity index (χ3n) is 5.34. The Bertz CT molecular complexity index is 1220. The van der Waals surface area contributed by atoms with Gasteiger partial charge in [-0.3, -0.25) is 0 Å². The van der Waals surface area contributed by atoms with E-state index in [0.717, 1.165) is 11.4 Å². The molecular formula is C34H29N. The summed E-state index contributed by atoms with van der Waals surface area (Å²) in [6.07, 6.45) is 8.63. The first-order valence-corrected chi connectivity index (χ1v) is 11.8. The lowest BCUT2D eigenvalue weighted by molar-refractivity contribution is 1.55. The minimum atomic E-state index is 1.12. The van der Waals surface area contributed by atoms with Crippen LogP contribution in [0.3, 0.4) is 0 Å². The van der Waals surface area contributed by atoms with Crippen LogP contribution >= 0.6 is 0 Å². The fourth-order valence-electron chi connectivity index (χ4n) is 3.52. The summed E-state index contributed by atoms with van der Waals surface area (Å²) in [6, 6.07) is 49.5. The highest BCUT2D eigenvalue weighted by molar-refractivity contribution is 5.79. The summed E-state index contributed by atoms with van der Waals surface area (Å²) in [6.45, 7) is 0. The Balaban J connectivity index is 0.000000189. The number of hydrogen-bond donors (Lipinski definition) is 1. The van der Waals surface area contributed by atoms with Crippen molar-refractivity contribution in [1.82, 2.24) is 0 Å². The maximum Gasteiger partial charge on any atom is 0.0384 e. The van der Waals surface area contributed by atoms with E-state index in [0.29, 0.717) is 0 Å². The summed E-state index contributed by atoms with van der Waals surface area (Å²) < 4.78 is 0. The van der Waals surface area contributed by atoms with Crippen LogP contribution in [0.25, 0.3) is 24.3 Å². The smallest absolute Gasteiger partial charge is 0.0384 e. The number of hydrogen-bond acceptors (Lipinski definition) is 1. The number of benzene rings is 5. The second-order valence-electron chi connectivity index (χ2n) is 7.97. The normalized spacial score (nSPS) is 10.6. The number of rotatable bonds is 6. The molecule has 170 valence electrons. The van der Waals surface area contributed by atoms with Gasteiger partial charge in [0.1, 0.15) is 0 Å². The van der Waals surface area contributed by atoms with Gasteiger partial charge in [-0.2, -0.15) is 0 Å². The van der Waals surface area contributed by atoms with E-state index in [1.165, 1.54) is 22.3 Å². The molecule has 0 radical (unpaired) electrons. The molecule has 0 aliphatic rings. The topological polar surface area (TPSA) is 12.0 Å². The SMILES string of the molecule is C(=Cc1ccccc1C=Cc1ccccc1)c1ccccc1.c1ccc(Nc2ccccc2)cc1. The van der Waals surface area contributed by atoms with Gasteiger partial charge in [0.05, 0.1) is 0 Å². The average molecular weight is 452 g/mol. The van der Waals surface area contributed by atoms with E-state index in [2.05, 4.69) is 102 Å². The highest BCUT2D eigenvalue weighted by Crippen LogP contribution is 2.17. The molecule has 0 saturated heterocycles. The Morgan fingerprint density at radius 2 is 0.629 bits per heavy atom. The van der Waals surface area contributed by atoms with Crippen molar-refractivity contribution in [3.63, 3.8) is 0 Å². The third kappa shape index (κ3) is 8.03. The Morgan fingerprint density at radius 1 is 0.314 bits per heavy atom. The Hall–Kier alpha value is -4.62. The molecule has 1 heteroatoms. The second kappa shape index (κ2) is 13.2. The largest absolute Gasteiger partial charge is 0.356 e. The average Bonchev–Trinajstić information content (AvgIpc) is 2.94. The van der Waals surface area contributed by atoms with Crippen molar-refractivity contribution in [3.8, 4) is 0 Å². The molecule has 5 aromatic rings. The molecule has 0 heterocycles. The molecule has 35 heavy (non-hydrogen) atoms. The van der Waals surface area contributed by atoms with Crippen LogP contribution in [0, 0.1) is 0 Å². The van der Waals surface area contributed by atoms with Crippen LogP contribution in [0.1, 0.15) is 22.3 Å². The molecule has 0 bridgehead atoms. The first kappa shape index (κ1) is 23.5. The first-order valence-electron chi connectivity index (χ1n) is 11.8. The molecule has 5 aromatic carbocycles. The van der Waals surface area contributed by atoms with Crippen LogP contribution < -0.4 is 5.32 Å². The zero-order valence-electron chi connectivity index (χ0n) is 19.7. The third-order valence-corrected chi connectivity index (χ3v) is 5.34. The fourth-order valence-corrected chi connectivity index (χ4v) is 3.52. The first-order chi connectivity index (χ1) is 17.4. The predicted molar refractivity (Wildman–Crippen MR) is 153 cm³/mol. The van der Waals surface area contributed by atoms with Crippen molar-refractivity contribution in [2.24, 2.45) is 0 Å². The lowest BCUT2D eigenvalue weighted by Crippen LogP contribution is -1.87. The predicted octanol–water partition coefficient (Wildman–Crippen LogP) is 9.46. The van der Waals surface area contributed by atoms with E-state index >= 15 is 0 Å². The van der Waals surface area contributed by atoms with Crippen LogP contribution in [0.2, 0.25) is 0 Å². The molecule has 5 rings (SSSR count). The summed E-state index contributed by atoms with van der Waals surface area (Å²) >= 11 is 0. The summed E-state index contributed by atoms with van der Waals surface area (Å²) in [5.74, 6) is 0. The van der Waals surface area contributed by atoms with Gasteiger partial charge < -0.3 is 5.32 Å². The van der Waals surface area contributed by atoms with E-state index in [-0.39, 0.29) is 0 Å². The van der Waals surface area contributed by atoms with Crippen LogP contribution in [-0.2, 0) is 0 Å². The summed E-state index contributed by atoms with van der Waals surface area (Å²) in [5, 5.41) is 3.30. The van der Waals surface area contributed by atoms with Crippen molar-refractivity contribution < 1.29 is 0 Å². The standard InChI is InChI=1S/C22H18.C12H11N/c1-3-9-19(10-4-1)15-17-21-13-7-8-14-22(21)18-16-20-11-5-2-6-12-20;1-3-7-11(8-4-1)13-12-9-5-2-6-10-12/h1-18H;1-10,13H. The number of nitrogens with one attached hydrogen (secondary N) is 1. The second-order valence-corrected chi connectivity index (χ2v) is 7.97. The van der Waals surface area contributed by atoms with Crippen molar-refractivity contribution >= 4 is 35.7 Å². The quantitative estimate of drug-likeness (QED) is 0.253. The molecular weight excluding hydrogens is 422 g/mol. The molecule has 0 saturated carbocycles. The maximum absolute atomic E-state index is 3.30. The summed E-state index contributed by atoms with van der Waals surface area (Å²) in [7, 11) is 0. The Labute approximate surface area is 208 Å². The van der Waals surface area contributed by atoms with Crippen LogP contribution in [0.5, 0.6) is 0 Å². The molecule has 0 aliphatic carbocycles. The fraction of sp³-hybridized carbons (Fsp3) is 0. The minimum absolute atomic E-state index is 1.12. The molecule has 0 aromatic heterocycles. The van der Waals surface area contributed by atoms with E-state index in [1.54, 1.807) is 0 Å². The van der Waals surface area contributed by atoms with E-state index in [1.807, 2.05) is 72.8 Å². The summed E-state index contributed by atoms with van der Waals surface area (Å²) in [5.41, 5.74) is 7.10. The van der Waals surface area contributed by atoms with Gasteiger partial charge in [-0.25, -0.2) is 0 Å². The minimum Gasteiger partial charge on any atom is -0.356 e. The van der Waals surface area contributed by atoms with Crippen molar-refractivity contribution in [1.29, 1.82) is 0 Å². The molecule has 0 atom stereocenters. The van der Waals surface area contributed by atoms with Crippen molar-refractivity contribution in [3.05, 3.63) is 168 Å². The Kier molecular flexibility index (Phi) is 8.86. The molecule has 0 spiro atoms. The highest BCUT2D eigenvalue weighted by atomic mass is 14.9. The van der Waals surface area contributed by atoms with Gasteiger partial charge in [0.2, 0.25) is 0 Å². The molecule has 1 N–H and O–H groups in total. The van der Waals surface area contributed by atoms with E-state index < -0.39 is 0 Å². The van der Waals surface area contributed by atoms with Crippen molar-refractivity contribution in [2.45, 2.75) is 0 Å². The van der Waals surface area contributed by atoms with Crippen LogP contribution in [0.4, 0.5) is 11.4 Å². The van der Waals surface area contributed by atoms with Gasteiger partial charge >= 0.3 is 0 Å². The van der Waals surface area contributed by atoms with Gasteiger partial charge in [0.25, 0.3) is 0 Å². The molecule has 0 unspecified atom stereocenters. The van der Waals surface area contributed by atoms with Crippen molar-refractivity contribution in [2.75, 3.05) is 5.32 Å². The Morgan fingerprint density at radius 3 is 1.00 bits per heavy atom. The lowest BCUT2D eigenvalue weighted by atomic mass is 10.0. The molecule has 0 fully saturated rings. The van der Waals surface area contributed by atoms with E-state index in [4.69, 9.17) is 0 Å².